The summed E-state index contributed by atoms with van der Waals surface area (Å²) in [5.74, 6) is -0.196. The topological polar surface area (TPSA) is 87.0 Å². The van der Waals surface area contributed by atoms with Crippen molar-refractivity contribution in [2.24, 2.45) is 0 Å². The number of benzene rings is 1. The van der Waals surface area contributed by atoms with Crippen LogP contribution in [-0.4, -0.2) is 19.7 Å². The molecule has 0 unspecified atom stereocenters. The van der Waals surface area contributed by atoms with E-state index in [1.807, 2.05) is 0 Å². The number of nitrogens with zero attached hydrogens (tertiary/aromatic N) is 1. The smallest absolute Gasteiger partial charge is 0.241 e. The van der Waals surface area contributed by atoms with Gasteiger partial charge in [-0.15, -0.1) is 0 Å². The Morgan fingerprint density at radius 1 is 1.35 bits per heavy atom. The van der Waals surface area contributed by atoms with Gasteiger partial charge in [-0.25, -0.2) is 8.42 Å². The van der Waals surface area contributed by atoms with Crippen LogP contribution in [0, 0.1) is 11.3 Å². The van der Waals surface area contributed by atoms with Crippen molar-refractivity contribution in [1.29, 1.82) is 5.26 Å². The number of Topliss-reactive ketones (excluding diaryl/α,β-unsaturated/α-hetero) is 1. The Bertz CT molecular complexity index is 668. The molecule has 2 rings (SSSR count). The fourth-order valence-corrected chi connectivity index (χ4v) is 3.84. The van der Waals surface area contributed by atoms with Gasteiger partial charge in [-0.3, -0.25) is 4.79 Å². The van der Waals surface area contributed by atoms with E-state index in [4.69, 9.17) is 0 Å². The lowest BCUT2D eigenvalue weighted by atomic mass is 10.0. The molecule has 1 aromatic carbocycles. The largest absolute Gasteiger partial charge is 0.295 e. The number of sulfonamides is 1. The zero-order chi connectivity index (χ0) is 14.8. The molecule has 5 nitrogen and oxygen atoms in total. The highest BCUT2D eigenvalue weighted by Crippen LogP contribution is 2.30. The second-order valence-corrected chi connectivity index (χ2v) is 6.77. The third kappa shape index (κ3) is 2.89. The fraction of sp³-hybridized carbons (Fsp3) is 0.429. The first-order valence-electron chi connectivity index (χ1n) is 6.45. The van der Waals surface area contributed by atoms with Crippen LogP contribution in [0.15, 0.2) is 29.2 Å². The Morgan fingerprint density at radius 3 is 2.55 bits per heavy atom. The molecule has 1 aromatic rings. The summed E-state index contributed by atoms with van der Waals surface area (Å²) in [5.41, 5.74) is -0.671. The molecule has 0 atom stereocenters. The first kappa shape index (κ1) is 14.7. The second kappa shape index (κ2) is 5.35. The van der Waals surface area contributed by atoms with Gasteiger partial charge < -0.3 is 0 Å². The summed E-state index contributed by atoms with van der Waals surface area (Å²) in [4.78, 5) is 11.3. The van der Waals surface area contributed by atoms with Crippen LogP contribution in [0.25, 0.3) is 0 Å². The van der Waals surface area contributed by atoms with E-state index in [9.17, 15) is 18.5 Å². The number of carbonyl (C=O) groups excluding carboxylic acids is 1. The molecular weight excluding hydrogens is 276 g/mol. The van der Waals surface area contributed by atoms with E-state index < -0.39 is 15.6 Å². The SMILES string of the molecule is CC(=O)c1cccc(S(=O)(=O)NC2(C#N)CCCC2)c1. The summed E-state index contributed by atoms with van der Waals surface area (Å²) in [7, 11) is -3.79. The van der Waals surface area contributed by atoms with Crippen LogP contribution in [0.4, 0.5) is 0 Å². The van der Waals surface area contributed by atoms with Crippen molar-refractivity contribution in [3.63, 3.8) is 0 Å². The lowest BCUT2D eigenvalue weighted by molar-refractivity contribution is 0.101. The molecule has 0 aliphatic heterocycles. The van der Waals surface area contributed by atoms with Crippen molar-refractivity contribution in [1.82, 2.24) is 4.72 Å². The number of hydrogen-bond donors (Lipinski definition) is 1. The normalized spacial score (nSPS) is 17.6. The number of nitriles is 1. The van der Waals surface area contributed by atoms with Crippen molar-refractivity contribution in [3.05, 3.63) is 29.8 Å². The van der Waals surface area contributed by atoms with E-state index in [-0.39, 0.29) is 10.7 Å². The predicted molar refractivity (Wildman–Crippen MR) is 73.6 cm³/mol. The van der Waals surface area contributed by atoms with Crippen molar-refractivity contribution >= 4 is 15.8 Å². The van der Waals surface area contributed by atoms with Gasteiger partial charge >= 0.3 is 0 Å². The molecule has 0 aromatic heterocycles. The first-order valence-corrected chi connectivity index (χ1v) is 7.93. The van der Waals surface area contributed by atoms with Crippen molar-refractivity contribution in [2.75, 3.05) is 0 Å². The minimum Gasteiger partial charge on any atom is -0.295 e. The summed E-state index contributed by atoms with van der Waals surface area (Å²) >= 11 is 0. The quantitative estimate of drug-likeness (QED) is 0.860. The molecule has 20 heavy (non-hydrogen) atoms. The molecule has 0 radical (unpaired) electrons. The van der Waals surface area contributed by atoms with E-state index in [1.165, 1.54) is 25.1 Å². The van der Waals surface area contributed by atoms with Crippen molar-refractivity contribution < 1.29 is 13.2 Å². The minimum atomic E-state index is -3.79. The van der Waals surface area contributed by atoms with E-state index in [2.05, 4.69) is 10.8 Å². The Hall–Kier alpha value is -1.71. The highest BCUT2D eigenvalue weighted by Gasteiger charge is 2.38. The fourth-order valence-electron chi connectivity index (χ4n) is 2.41. The number of nitrogens with one attached hydrogen (secondary N) is 1. The average Bonchev–Trinajstić information content (AvgIpc) is 2.87. The zero-order valence-electron chi connectivity index (χ0n) is 11.2. The summed E-state index contributed by atoms with van der Waals surface area (Å²) < 4.78 is 27.2. The first-order chi connectivity index (χ1) is 9.38. The standard InChI is InChI=1S/C14H16N2O3S/c1-11(17)12-5-4-6-13(9-12)20(18,19)16-14(10-15)7-2-3-8-14/h4-6,9,16H,2-3,7-8H2,1H3. The van der Waals surface area contributed by atoms with Gasteiger partial charge in [0.15, 0.2) is 5.78 Å². The van der Waals surface area contributed by atoms with Gasteiger partial charge in [-0.05, 0) is 31.9 Å². The van der Waals surface area contributed by atoms with E-state index in [0.717, 1.165) is 12.8 Å². The van der Waals surface area contributed by atoms with Crippen LogP contribution in [0.3, 0.4) is 0 Å². The van der Waals surface area contributed by atoms with Gasteiger partial charge in [0.05, 0.1) is 11.0 Å². The summed E-state index contributed by atoms with van der Waals surface area (Å²) in [6, 6.07) is 7.94. The summed E-state index contributed by atoms with van der Waals surface area (Å²) in [5, 5.41) is 9.24. The van der Waals surface area contributed by atoms with Crippen LogP contribution < -0.4 is 4.72 Å². The highest BCUT2D eigenvalue weighted by atomic mass is 32.2. The van der Waals surface area contributed by atoms with Crippen LogP contribution >= 0.6 is 0 Å². The maximum absolute atomic E-state index is 12.4. The van der Waals surface area contributed by atoms with E-state index in [1.54, 1.807) is 6.07 Å². The van der Waals surface area contributed by atoms with E-state index >= 15 is 0 Å². The van der Waals surface area contributed by atoms with Crippen LogP contribution in [0.1, 0.15) is 43.0 Å². The molecule has 1 saturated carbocycles. The minimum absolute atomic E-state index is 0.0201. The molecule has 0 bridgehead atoms. The summed E-state index contributed by atoms with van der Waals surface area (Å²) in [6.45, 7) is 1.38. The average molecular weight is 292 g/mol. The second-order valence-electron chi connectivity index (χ2n) is 5.09. The van der Waals surface area contributed by atoms with Crippen LogP contribution in [0.5, 0.6) is 0 Å². The highest BCUT2D eigenvalue weighted by molar-refractivity contribution is 7.89. The molecular formula is C14H16N2O3S. The monoisotopic (exact) mass is 292 g/mol. The number of ketones is 1. The Labute approximate surface area is 118 Å². The zero-order valence-corrected chi connectivity index (χ0v) is 12.0. The molecule has 1 aliphatic carbocycles. The van der Waals surface area contributed by atoms with Crippen LogP contribution in [0.2, 0.25) is 0 Å². The lowest BCUT2D eigenvalue weighted by Crippen LogP contribution is -2.44. The Balaban J connectivity index is 2.34. The van der Waals surface area contributed by atoms with Gasteiger partial charge in [0, 0.05) is 5.56 Å². The van der Waals surface area contributed by atoms with Gasteiger partial charge in [0.2, 0.25) is 10.0 Å². The maximum Gasteiger partial charge on any atom is 0.241 e. The van der Waals surface area contributed by atoms with Crippen molar-refractivity contribution in [2.45, 2.75) is 43.0 Å². The van der Waals surface area contributed by atoms with Crippen molar-refractivity contribution in [3.8, 4) is 6.07 Å². The van der Waals surface area contributed by atoms with Gasteiger partial charge in [-0.2, -0.15) is 9.98 Å². The molecule has 0 spiro atoms. The maximum atomic E-state index is 12.4. The predicted octanol–water partition coefficient (Wildman–Crippen LogP) is 2.00. The van der Waals surface area contributed by atoms with Gasteiger partial charge in [0.1, 0.15) is 5.54 Å². The summed E-state index contributed by atoms with van der Waals surface area (Å²) in [6.07, 6.45) is 2.72. The molecule has 1 aliphatic rings. The Kier molecular flexibility index (Phi) is 3.93. The molecule has 1 N–H and O–H groups in total. The number of rotatable bonds is 4. The van der Waals surface area contributed by atoms with Crippen LogP contribution in [-0.2, 0) is 10.0 Å². The Morgan fingerprint density at radius 2 is 2.00 bits per heavy atom. The third-order valence-electron chi connectivity index (χ3n) is 3.55. The molecule has 1 fully saturated rings. The lowest BCUT2D eigenvalue weighted by Gasteiger charge is -2.21. The molecule has 6 heteroatoms. The molecule has 106 valence electrons. The molecule has 0 amide bonds. The van der Waals surface area contributed by atoms with Gasteiger partial charge in [-0.1, -0.05) is 25.0 Å². The molecule has 0 heterocycles. The number of hydrogen-bond acceptors (Lipinski definition) is 4. The molecule has 0 saturated heterocycles. The van der Waals surface area contributed by atoms with E-state index in [0.29, 0.717) is 18.4 Å². The van der Waals surface area contributed by atoms with Gasteiger partial charge in [0.25, 0.3) is 0 Å². The number of carbonyl (C=O) groups is 1. The third-order valence-corrected chi connectivity index (χ3v) is 5.09.